The van der Waals surface area contributed by atoms with E-state index in [0.717, 1.165) is 12.8 Å². The fraction of sp³-hybridized carbons (Fsp3) is 0.242. The summed E-state index contributed by atoms with van der Waals surface area (Å²) in [6.45, 7) is 0. The summed E-state index contributed by atoms with van der Waals surface area (Å²) in [6, 6.07) is 63.8. The molecule has 2 heterocycles. The minimum absolute atomic E-state index is 0.582. The number of benzene rings is 9. The molecule has 344 valence electrons. The van der Waals surface area contributed by atoms with Gasteiger partial charge in [0.2, 0.25) is 0 Å². The Hall–Kier alpha value is -6.46. The quantitative estimate of drug-likeness (QED) is 0.140. The molecule has 0 N–H and O–H groups in total. The molecule has 2 fully saturated rings. The molecule has 14 rings (SSSR count). The molecule has 0 aliphatic heterocycles. The summed E-state index contributed by atoms with van der Waals surface area (Å²) >= 11 is 3.88. The van der Waals surface area contributed by atoms with Crippen LogP contribution in [0.15, 0.2) is 176 Å². The minimum Gasteiger partial charge on any atom is -0.312 e. The lowest BCUT2D eigenvalue weighted by Gasteiger charge is -2.33. The standard InChI is InChI=1S/C66H58N2S2/c1-5-19-43(20-6-1)45-35-37-49-55-42-62(68(48-25-11-4-12-26-48)60-32-18-30-54-52-28-14-16-34-64(52)70-66(54)60)58-40-46(44-21-7-2-8-22-44)36-38-50(58)56(55)41-61(57(49)39-45)67(47-23-9-3-10-24-47)59-31-17-29-53-51-27-13-15-33-63(51)69-65(53)59/h3,9-10,13-18,23-25,27-44H,1-2,4-8,11-12,19-22,26H2. The van der Waals surface area contributed by atoms with Crippen molar-refractivity contribution in [3.8, 4) is 0 Å². The van der Waals surface area contributed by atoms with Crippen LogP contribution >= 0.6 is 22.7 Å². The van der Waals surface area contributed by atoms with Crippen molar-refractivity contribution < 1.29 is 0 Å². The van der Waals surface area contributed by atoms with Crippen molar-refractivity contribution in [3.63, 3.8) is 0 Å². The molecule has 2 aromatic heterocycles. The van der Waals surface area contributed by atoms with Gasteiger partial charge in [0.05, 0.1) is 32.1 Å². The number of para-hydroxylation sites is 1. The topological polar surface area (TPSA) is 6.48 Å². The van der Waals surface area contributed by atoms with Crippen molar-refractivity contribution in [2.75, 3.05) is 9.80 Å². The lowest BCUT2D eigenvalue weighted by Crippen LogP contribution is -2.19. The molecule has 0 spiro atoms. The molecule has 9 aromatic carbocycles. The Balaban J connectivity index is 1.10. The maximum Gasteiger partial charge on any atom is 0.0640 e. The van der Waals surface area contributed by atoms with Crippen LogP contribution in [-0.4, -0.2) is 0 Å². The van der Waals surface area contributed by atoms with Gasteiger partial charge in [-0.15, -0.1) is 22.7 Å². The molecule has 2 nitrogen and oxygen atoms in total. The van der Waals surface area contributed by atoms with Gasteiger partial charge in [-0.3, -0.25) is 0 Å². The lowest BCUT2D eigenvalue weighted by atomic mass is 9.82. The van der Waals surface area contributed by atoms with Gasteiger partial charge in [-0.2, -0.15) is 0 Å². The summed E-state index contributed by atoms with van der Waals surface area (Å²) in [6.07, 6.45) is 20.3. The second kappa shape index (κ2) is 17.7. The first-order chi connectivity index (χ1) is 34.7. The first-order valence-corrected chi connectivity index (χ1v) is 28.0. The van der Waals surface area contributed by atoms with Crippen LogP contribution in [0.3, 0.4) is 0 Å². The number of nitrogens with zero attached hydrogens (tertiary/aromatic N) is 2. The van der Waals surface area contributed by atoms with Crippen molar-refractivity contribution in [2.45, 2.75) is 102 Å². The Labute approximate surface area is 419 Å². The molecule has 11 aromatic rings. The van der Waals surface area contributed by atoms with Crippen molar-refractivity contribution in [1.82, 2.24) is 0 Å². The predicted molar refractivity (Wildman–Crippen MR) is 306 cm³/mol. The summed E-state index contributed by atoms with van der Waals surface area (Å²) in [5.41, 5.74) is 10.7. The first kappa shape index (κ1) is 42.4. The zero-order valence-corrected chi connectivity index (χ0v) is 41.6. The first-order valence-electron chi connectivity index (χ1n) is 26.4. The van der Waals surface area contributed by atoms with E-state index in [2.05, 4.69) is 180 Å². The fourth-order valence-corrected chi connectivity index (χ4v) is 15.5. The zero-order chi connectivity index (χ0) is 46.1. The van der Waals surface area contributed by atoms with Gasteiger partial charge in [0.15, 0.2) is 0 Å². The SMILES string of the molecule is C1=C(N(c2cc3c4ccc(C5CCCCC5)cc4c(N(c4ccccc4)c4cccc5c4sc4ccccc45)cc3c3ccc(C4CCCCC4)cc23)c2cccc3c2sc2ccccc23)CCCC1. The molecule has 0 amide bonds. The lowest BCUT2D eigenvalue weighted by molar-refractivity contribution is 0.444. The molecule has 0 radical (unpaired) electrons. The van der Waals surface area contributed by atoms with E-state index >= 15 is 0 Å². The Morgan fingerprint density at radius 3 is 1.39 bits per heavy atom. The molecule has 2 saturated carbocycles. The van der Waals surface area contributed by atoms with Crippen LogP contribution in [0.25, 0.3) is 72.7 Å². The summed E-state index contributed by atoms with van der Waals surface area (Å²) in [5.74, 6) is 1.18. The van der Waals surface area contributed by atoms with Crippen LogP contribution in [0.4, 0.5) is 28.4 Å². The van der Waals surface area contributed by atoms with Gasteiger partial charge in [-0.05, 0) is 157 Å². The van der Waals surface area contributed by atoms with Crippen LogP contribution in [0.5, 0.6) is 0 Å². The maximum absolute atomic E-state index is 2.73. The molecule has 0 atom stereocenters. The minimum atomic E-state index is 0.582. The van der Waals surface area contributed by atoms with Gasteiger partial charge >= 0.3 is 0 Å². The average Bonchev–Trinajstić information content (AvgIpc) is 4.02. The molecular formula is C66H58N2S2. The number of anilines is 5. The zero-order valence-electron chi connectivity index (χ0n) is 39.9. The van der Waals surface area contributed by atoms with Gasteiger partial charge < -0.3 is 9.80 Å². The van der Waals surface area contributed by atoms with E-state index < -0.39 is 0 Å². The second-order valence-electron chi connectivity index (χ2n) is 20.6. The van der Waals surface area contributed by atoms with Gasteiger partial charge in [-0.25, -0.2) is 0 Å². The Kier molecular flexibility index (Phi) is 10.8. The molecule has 0 unspecified atom stereocenters. The van der Waals surface area contributed by atoms with Gasteiger partial charge in [0, 0.05) is 53.1 Å². The third kappa shape index (κ3) is 7.16. The van der Waals surface area contributed by atoms with E-state index in [0.29, 0.717) is 11.8 Å². The van der Waals surface area contributed by atoms with Crippen LogP contribution in [0, 0.1) is 0 Å². The number of rotatable bonds is 8. The van der Waals surface area contributed by atoms with Crippen molar-refractivity contribution in [3.05, 3.63) is 187 Å². The number of allylic oxidation sites excluding steroid dienone is 2. The second-order valence-corrected chi connectivity index (χ2v) is 22.7. The predicted octanol–water partition coefficient (Wildman–Crippen LogP) is 21.0. The number of thiophene rings is 2. The third-order valence-corrected chi connectivity index (χ3v) is 18.9. The normalized spacial score (nSPS) is 16.3. The average molecular weight is 943 g/mol. The summed E-state index contributed by atoms with van der Waals surface area (Å²) < 4.78 is 5.38. The highest BCUT2D eigenvalue weighted by molar-refractivity contribution is 7.26. The van der Waals surface area contributed by atoms with Crippen molar-refractivity contribution in [2.24, 2.45) is 0 Å². The monoisotopic (exact) mass is 942 g/mol. The number of hydrogen-bond acceptors (Lipinski definition) is 4. The van der Waals surface area contributed by atoms with Crippen LogP contribution in [0.2, 0.25) is 0 Å². The van der Waals surface area contributed by atoms with E-state index in [1.807, 2.05) is 22.7 Å². The third-order valence-electron chi connectivity index (χ3n) is 16.5. The van der Waals surface area contributed by atoms with E-state index in [1.165, 1.54) is 195 Å². The van der Waals surface area contributed by atoms with Crippen LogP contribution < -0.4 is 9.80 Å². The van der Waals surface area contributed by atoms with Gasteiger partial charge in [-0.1, -0.05) is 148 Å². The molecule has 70 heavy (non-hydrogen) atoms. The van der Waals surface area contributed by atoms with Gasteiger partial charge in [0.1, 0.15) is 0 Å². The highest BCUT2D eigenvalue weighted by atomic mass is 32.1. The molecule has 0 saturated heterocycles. The van der Waals surface area contributed by atoms with E-state index in [4.69, 9.17) is 0 Å². The maximum atomic E-state index is 2.73. The van der Waals surface area contributed by atoms with E-state index in [9.17, 15) is 0 Å². The van der Waals surface area contributed by atoms with Crippen molar-refractivity contribution in [1.29, 1.82) is 0 Å². The van der Waals surface area contributed by atoms with Crippen LogP contribution in [0.1, 0.15) is 113 Å². The molecule has 0 bridgehead atoms. The number of fused-ring (bicyclic) bond motifs is 11. The van der Waals surface area contributed by atoms with E-state index in [-0.39, 0.29) is 0 Å². The summed E-state index contributed by atoms with van der Waals surface area (Å²) in [4.78, 5) is 5.35. The Bertz CT molecular complexity index is 3820. The summed E-state index contributed by atoms with van der Waals surface area (Å²) in [5, 5.41) is 13.4. The fourth-order valence-electron chi connectivity index (χ4n) is 13.1. The molecule has 4 heteroatoms. The largest absolute Gasteiger partial charge is 0.312 e. The summed E-state index contributed by atoms with van der Waals surface area (Å²) in [7, 11) is 0. The Morgan fingerprint density at radius 1 is 0.343 bits per heavy atom. The highest BCUT2D eigenvalue weighted by Crippen LogP contribution is 2.53. The highest BCUT2D eigenvalue weighted by Gasteiger charge is 2.28. The number of hydrogen-bond donors (Lipinski definition) is 0. The molecule has 3 aliphatic rings. The Morgan fingerprint density at radius 2 is 0.843 bits per heavy atom. The smallest absolute Gasteiger partial charge is 0.0640 e. The molecule has 3 aliphatic carbocycles. The van der Waals surface area contributed by atoms with Crippen LogP contribution in [-0.2, 0) is 0 Å². The van der Waals surface area contributed by atoms with E-state index in [1.54, 1.807) is 0 Å². The molecular weight excluding hydrogens is 885 g/mol. The van der Waals surface area contributed by atoms with Gasteiger partial charge in [0.25, 0.3) is 0 Å². The van der Waals surface area contributed by atoms with Crippen molar-refractivity contribution >= 4 is 124 Å².